The van der Waals surface area contributed by atoms with E-state index in [0.29, 0.717) is 30.4 Å². The molecule has 0 spiro atoms. The van der Waals surface area contributed by atoms with Crippen molar-refractivity contribution < 1.29 is 19.1 Å². The molecule has 2 rings (SSSR count). The number of benzene rings is 2. The van der Waals surface area contributed by atoms with Gasteiger partial charge >= 0.3 is 5.97 Å². The van der Waals surface area contributed by atoms with Crippen molar-refractivity contribution in [3.05, 3.63) is 70.8 Å². The predicted octanol–water partition coefficient (Wildman–Crippen LogP) is 4.55. The van der Waals surface area contributed by atoms with Crippen molar-refractivity contribution in [1.82, 2.24) is 0 Å². The average molecular weight is 406 g/mol. The Morgan fingerprint density at radius 3 is 2.30 bits per heavy atom. The molecule has 0 unspecified atom stereocenters. The van der Waals surface area contributed by atoms with Crippen LogP contribution in [0.5, 0.6) is 0 Å². The number of rotatable bonds is 9. The minimum Gasteiger partial charge on any atom is -0.460 e. The van der Waals surface area contributed by atoms with E-state index in [4.69, 9.17) is 9.47 Å². The number of esters is 1. The monoisotopic (exact) mass is 406 g/mol. The summed E-state index contributed by atoms with van der Waals surface area (Å²) < 4.78 is 10.2. The molecule has 6 nitrogen and oxygen atoms in total. The van der Waals surface area contributed by atoms with Crippen molar-refractivity contribution in [2.45, 2.75) is 26.7 Å². The first-order valence-electron chi connectivity index (χ1n) is 9.82. The van der Waals surface area contributed by atoms with E-state index < -0.39 is 11.9 Å². The van der Waals surface area contributed by atoms with Gasteiger partial charge < -0.3 is 14.8 Å². The van der Waals surface area contributed by atoms with Gasteiger partial charge in [-0.05, 0) is 54.3 Å². The van der Waals surface area contributed by atoms with Crippen LogP contribution in [0, 0.1) is 11.3 Å². The molecule has 0 saturated heterocycles. The third-order valence-electron chi connectivity index (χ3n) is 4.32. The lowest BCUT2D eigenvalue weighted by atomic mass is 10.0. The number of nitrogens with zero attached hydrogens (tertiary/aromatic N) is 1. The second-order valence-corrected chi connectivity index (χ2v) is 6.86. The minimum absolute atomic E-state index is 0.00768. The van der Waals surface area contributed by atoms with Gasteiger partial charge in [-0.15, -0.1) is 0 Å². The van der Waals surface area contributed by atoms with Crippen molar-refractivity contribution >= 4 is 23.6 Å². The largest absolute Gasteiger partial charge is 0.460 e. The van der Waals surface area contributed by atoms with Gasteiger partial charge in [0.25, 0.3) is 5.91 Å². The van der Waals surface area contributed by atoms with E-state index in [9.17, 15) is 14.9 Å². The fraction of sp³-hybridized carbons (Fsp3) is 0.292. The second-order valence-electron chi connectivity index (χ2n) is 6.86. The van der Waals surface area contributed by atoms with E-state index in [-0.39, 0.29) is 12.2 Å². The Hall–Kier alpha value is -3.43. The number of ether oxygens (including phenoxy) is 2. The fourth-order valence-electron chi connectivity index (χ4n) is 2.60. The molecule has 1 N–H and O–H groups in total. The Labute approximate surface area is 177 Å². The van der Waals surface area contributed by atoms with Gasteiger partial charge in [0.2, 0.25) is 0 Å². The molecule has 0 saturated carbocycles. The smallest absolute Gasteiger partial charge is 0.338 e. The summed E-state index contributed by atoms with van der Waals surface area (Å²) >= 11 is 0. The Balaban J connectivity index is 1.99. The van der Waals surface area contributed by atoms with Crippen LogP contribution in [0.15, 0.2) is 54.1 Å². The topological polar surface area (TPSA) is 88.4 Å². The highest BCUT2D eigenvalue weighted by molar-refractivity contribution is 6.09. The zero-order valence-corrected chi connectivity index (χ0v) is 17.5. The van der Waals surface area contributed by atoms with Crippen molar-refractivity contribution in [3.63, 3.8) is 0 Å². The third-order valence-corrected chi connectivity index (χ3v) is 4.32. The third kappa shape index (κ3) is 6.87. The van der Waals surface area contributed by atoms with Gasteiger partial charge in [0.05, 0.1) is 12.2 Å². The van der Waals surface area contributed by atoms with Crippen LogP contribution in [0.4, 0.5) is 5.69 Å². The zero-order chi connectivity index (χ0) is 21.9. The Kier molecular flexibility index (Phi) is 8.79. The second kappa shape index (κ2) is 11.5. The zero-order valence-electron chi connectivity index (χ0n) is 17.5. The highest BCUT2D eigenvalue weighted by Gasteiger charge is 2.11. The molecule has 156 valence electrons. The summed E-state index contributed by atoms with van der Waals surface area (Å²) in [5.74, 6) is -0.570. The van der Waals surface area contributed by atoms with Gasteiger partial charge in [-0.1, -0.05) is 38.1 Å². The molecule has 6 heteroatoms. The minimum atomic E-state index is -0.516. The van der Waals surface area contributed by atoms with E-state index in [1.807, 2.05) is 37.3 Å². The number of hydrogen-bond acceptors (Lipinski definition) is 5. The molecule has 0 aliphatic rings. The lowest BCUT2D eigenvalue weighted by Gasteiger charge is -2.07. The average Bonchev–Trinajstić information content (AvgIpc) is 2.75. The van der Waals surface area contributed by atoms with E-state index in [1.54, 1.807) is 30.3 Å². The highest BCUT2D eigenvalue weighted by atomic mass is 16.6. The summed E-state index contributed by atoms with van der Waals surface area (Å²) in [4.78, 5) is 24.4. The maximum Gasteiger partial charge on any atom is 0.338 e. The normalized spacial score (nSPS) is 11.1. The molecule has 0 fully saturated rings. The summed E-state index contributed by atoms with van der Waals surface area (Å²) in [6, 6.07) is 15.9. The van der Waals surface area contributed by atoms with E-state index in [2.05, 4.69) is 19.2 Å². The molecular weight excluding hydrogens is 380 g/mol. The standard InChI is InChI=1S/C24H26N2O4/c1-4-29-13-14-30-24(28)20-9-11-22(12-10-20)26-23(27)21(16-25)15-18-5-7-19(8-6-18)17(2)3/h5-12,15,17H,4,13-14H2,1-3H3,(H,26,27)/b21-15+. The van der Waals surface area contributed by atoms with Crippen molar-refractivity contribution in [1.29, 1.82) is 5.26 Å². The molecule has 0 heterocycles. The van der Waals surface area contributed by atoms with Crippen LogP contribution in [-0.4, -0.2) is 31.7 Å². The van der Waals surface area contributed by atoms with Crippen molar-refractivity contribution in [2.24, 2.45) is 0 Å². The van der Waals surface area contributed by atoms with Crippen molar-refractivity contribution in [3.8, 4) is 6.07 Å². The molecule has 2 aromatic carbocycles. The van der Waals surface area contributed by atoms with Gasteiger partial charge in [0.15, 0.2) is 0 Å². The SMILES string of the molecule is CCOCCOC(=O)c1ccc(NC(=O)/C(C#N)=C/c2ccc(C(C)C)cc2)cc1. The predicted molar refractivity (Wildman–Crippen MR) is 116 cm³/mol. The maximum atomic E-state index is 12.4. The molecule has 1 amide bonds. The van der Waals surface area contributed by atoms with Crippen LogP contribution in [0.1, 0.15) is 48.2 Å². The first-order chi connectivity index (χ1) is 14.4. The maximum absolute atomic E-state index is 12.4. The molecule has 0 radical (unpaired) electrons. The number of amides is 1. The molecule has 2 aromatic rings. The number of nitriles is 1. The van der Waals surface area contributed by atoms with Gasteiger partial charge in [-0.25, -0.2) is 4.79 Å². The molecule has 0 aliphatic heterocycles. The summed E-state index contributed by atoms with van der Waals surface area (Å²) in [5.41, 5.74) is 2.79. The molecule has 0 aromatic heterocycles. The Morgan fingerprint density at radius 1 is 1.07 bits per heavy atom. The Bertz CT molecular complexity index is 923. The lowest BCUT2D eigenvalue weighted by Crippen LogP contribution is -2.14. The van der Waals surface area contributed by atoms with Crippen LogP contribution < -0.4 is 5.32 Å². The van der Waals surface area contributed by atoms with Crippen LogP contribution >= 0.6 is 0 Å². The summed E-state index contributed by atoms with van der Waals surface area (Å²) in [7, 11) is 0. The first kappa shape index (κ1) is 22.9. The number of anilines is 1. The summed E-state index contributed by atoms with van der Waals surface area (Å²) in [6.07, 6.45) is 1.55. The van der Waals surface area contributed by atoms with Crippen LogP contribution in [0.2, 0.25) is 0 Å². The summed E-state index contributed by atoms with van der Waals surface area (Å²) in [6.45, 7) is 7.16. The van der Waals surface area contributed by atoms with Gasteiger partial charge in [0, 0.05) is 12.3 Å². The highest BCUT2D eigenvalue weighted by Crippen LogP contribution is 2.17. The molecule has 0 atom stereocenters. The van der Waals surface area contributed by atoms with Crippen molar-refractivity contribution in [2.75, 3.05) is 25.1 Å². The molecule has 0 bridgehead atoms. The van der Waals surface area contributed by atoms with E-state index >= 15 is 0 Å². The van der Waals surface area contributed by atoms with Gasteiger partial charge in [0.1, 0.15) is 18.2 Å². The number of nitrogens with one attached hydrogen (secondary N) is 1. The van der Waals surface area contributed by atoms with Gasteiger partial charge in [-0.3, -0.25) is 4.79 Å². The number of carbonyl (C=O) groups excluding carboxylic acids is 2. The molecular formula is C24H26N2O4. The summed E-state index contributed by atoms with van der Waals surface area (Å²) in [5, 5.41) is 12.0. The Morgan fingerprint density at radius 2 is 1.73 bits per heavy atom. The molecule has 0 aliphatic carbocycles. The number of hydrogen-bond donors (Lipinski definition) is 1. The fourth-order valence-corrected chi connectivity index (χ4v) is 2.60. The van der Waals surface area contributed by atoms with Crippen LogP contribution in [0.3, 0.4) is 0 Å². The quantitative estimate of drug-likeness (QED) is 0.286. The van der Waals surface area contributed by atoms with E-state index in [1.165, 1.54) is 5.56 Å². The van der Waals surface area contributed by atoms with E-state index in [0.717, 1.165) is 5.56 Å². The van der Waals surface area contributed by atoms with Crippen LogP contribution in [0.25, 0.3) is 6.08 Å². The lowest BCUT2D eigenvalue weighted by molar-refractivity contribution is -0.112. The first-order valence-corrected chi connectivity index (χ1v) is 9.82. The number of carbonyl (C=O) groups is 2. The van der Waals surface area contributed by atoms with Crippen LogP contribution in [-0.2, 0) is 14.3 Å². The van der Waals surface area contributed by atoms with Gasteiger partial charge in [-0.2, -0.15) is 5.26 Å². The molecule has 30 heavy (non-hydrogen) atoms.